The fourth-order valence-electron chi connectivity index (χ4n) is 4.37. The molecule has 1 amide bonds. The van der Waals surface area contributed by atoms with Crippen molar-refractivity contribution < 1.29 is 9.90 Å². The molecule has 2 heterocycles. The Bertz CT molecular complexity index is 1500. The molecular weight excluding hydrogens is 426 g/mol. The van der Waals surface area contributed by atoms with Crippen LogP contribution in [0.1, 0.15) is 13.8 Å². The average molecular weight is 452 g/mol. The first-order chi connectivity index (χ1) is 16.6. The van der Waals surface area contributed by atoms with Crippen molar-refractivity contribution >= 4 is 50.0 Å². The first-order valence-corrected chi connectivity index (χ1v) is 11.4. The normalized spacial score (nSPS) is 11.7. The number of rotatable bonds is 6. The van der Waals surface area contributed by atoms with Gasteiger partial charge < -0.3 is 14.6 Å². The van der Waals surface area contributed by atoms with E-state index in [-0.39, 0.29) is 18.3 Å². The van der Waals surface area contributed by atoms with Crippen LogP contribution < -0.4 is 0 Å². The van der Waals surface area contributed by atoms with Gasteiger partial charge in [0.25, 0.3) is 0 Å². The Hall–Kier alpha value is -4.26. The summed E-state index contributed by atoms with van der Waals surface area (Å²) in [5, 5.41) is 22.8. The van der Waals surface area contributed by atoms with Gasteiger partial charge in [0.05, 0.1) is 16.6 Å². The van der Waals surface area contributed by atoms with Gasteiger partial charge in [0, 0.05) is 29.2 Å². The lowest BCUT2D eigenvalue weighted by molar-refractivity contribution is -0.131. The third-order valence-corrected chi connectivity index (χ3v) is 6.14. The molecule has 0 aliphatic heterocycles. The highest BCUT2D eigenvalue weighted by molar-refractivity contribution is 6.06. The molecule has 0 saturated heterocycles. The Balaban J connectivity index is 1.66. The Labute approximate surface area is 197 Å². The smallest absolute Gasteiger partial charge is 0.242 e. The van der Waals surface area contributed by atoms with Crippen LogP contribution in [0.15, 0.2) is 83.0 Å². The number of carbonyl (C=O) groups excluding carboxylic acids is 1. The van der Waals surface area contributed by atoms with Crippen molar-refractivity contribution in [1.29, 1.82) is 0 Å². The van der Waals surface area contributed by atoms with Crippen molar-refractivity contribution in [3.8, 4) is 5.88 Å². The van der Waals surface area contributed by atoms with Crippen molar-refractivity contribution in [3.05, 3.63) is 72.8 Å². The summed E-state index contributed by atoms with van der Waals surface area (Å²) in [4.78, 5) is 19.3. The molecule has 0 aliphatic rings. The minimum Gasteiger partial charge on any atom is -0.493 e. The van der Waals surface area contributed by atoms with Crippen molar-refractivity contribution in [2.75, 3.05) is 13.1 Å². The third-order valence-electron chi connectivity index (χ3n) is 6.14. The SMILES string of the molecule is CCN(CC)C(=O)Cn1c(O)c(N=Nc2c3ccccc3nc3ccccc23)c2ccccc21. The first kappa shape index (κ1) is 21.6. The van der Waals surface area contributed by atoms with Gasteiger partial charge in [0.1, 0.15) is 12.2 Å². The van der Waals surface area contributed by atoms with Gasteiger partial charge in [-0.15, -0.1) is 10.2 Å². The van der Waals surface area contributed by atoms with Crippen LogP contribution in [0, 0.1) is 0 Å². The summed E-state index contributed by atoms with van der Waals surface area (Å²) in [5.41, 5.74) is 3.42. The second-order valence-electron chi connectivity index (χ2n) is 8.04. The second kappa shape index (κ2) is 8.94. The molecule has 0 unspecified atom stereocenters. The summed E-state index contributed by atoms with van der Waals surface area (Å²) in [7, 11) is 0. The van der Waals surface area contributed by atoms with Crippen LogP contribution in [0.25, 0.3) is 32.7 Å². The van der Waals surface area contributed by atoms with Gasteiger partial charge in [-0.25, -0.2) is 4.98 Å². The molecule has 0 bridgehead atoms. The number of likely N-dealkylation sites (N-methyl/N-ethyl adjacent to an activating group) is 1. The molecule has 1 N–H and O–H groups in total. The summed E-state index contributed by atoms with van der Waals surface area (Å²) in [6.07, 6.45) is 0. The Morgan fingerprint density at radius 1 is 0.824 bits per heavy atom. The minimum atomic E-state index is -0.0758. The predicted molar refractivity (Wildman–Crippen MR) is 135 cm³/mol. The van der Waals surface area contributed by atoms with E-state index in [4.69, 9.17) is 4.98 Å². The number of pyridine rings is 1. The molecule has 5 aromatic rings. The lowest BCUT2D eigenvalue weighted by Gasteiger charge is -2.19. The van der Waals surface area contributed by atoms with Crippen LogP contribution >= 0.6 is 0 Å². The largest absolute Gasteiger partial charge is 0.493 e. The molecule has 0 radical (unpaired) electrons. The number of hydrogen-bond donors (Lipinski definition) is 1. The van der Waals surface area contributed by atoms with E-state index in [0.29, 0.717) is 24.5 Å². The van der Waals surface area contributed by atoms with E-state index in [2.05, 4.69) is 10.2 Å². The summed E-state index contributed by atoms with van der Waals surface area (Å²) in [5.74, 6) is -0.135. The Kier molecular flexibility index (Phi) is 5.67. The summed E-state index contributed by atoms with van der Waals surface area (Å²) in [6, 6.07) is 23.1. The quantitative estimate of drug-likeness (QED) is 0.242. The minimum absolute atomic E-state index is 0.0324. The molecule has 2 aromatic heterocycles. The molecule has 3 aromatic carbocycles. The number of azo groups is 1. The predicted octanol–water partition coefficient (Wildman–Crippen LogP) is 6.33. The van der Waals surface area contributed by atoms with Crippen LogP contribution in [-0.4, -0.2) is 38.6 Å². The zero-order valence-corrected chi connectivity index (χ0v) is 19.1. The van der Waals surface area contributed by atoms with Crippen LogP contribution in [-0.2, 0) is 11.3 Å². The summed E-state index contributed by atoms with van der Waals surface area (Å²) >= 11 is 0. The van der Waals surface area contributed by atoms with E-state index >= 15 is 0 Å². The number of para-hydroxylation sites is 3. The fraction of sp³-hybridized carbons (Fsp3) is 0.185. The highest BCUT2D eigenvalue weighted by Crippen LogP contribution is 2.41. The first-order valence-electron chi connectivity index (χ1n) is 11.4. The molecule has 0 aliphatic carbocycles. The lowest BCUT2D eigenvalue weighted by atomic mass is 10.1. The molecule has 5 rings (SSSR count). The number of benzene rings is 3. The number of amides is 1. The molecule has 170 valence electrons. The van der Waals surface area contributed by atoms with Crippen LogP contribution in [0.3, 0.4) is 0 Å². The standard InChI is InChI=1S/C27H25N5O2/c1-3-31(4-2)24(33)17-32-23-16-10-7-13-20(23)26(27(32)34)30-29-25-18-11-5-8-14-21(18)28-22-15-9-6-12-19(22)25/h5-16,34H,3-4,17H2,1-2H3. The number of aromatic nitrogens is 2. The molecule has 7 heteroatoms. The van der Waals surface area contributed by atoms with Gasteiger partial charge in [-0.2, -0.15) is 0 Å². The van der Waals surface area contributed by atoms with E-state index in [9.17, 15) is 9.90 Å². The van der Waals surface area contributed by atoms with Gasteiger partial charge in [0.15, 0.2) is 5.69 Å². The van der Waals surface area contributed by atoms with Crippen molar-refractivity contribution in [2.45, 2.75) is 20.4 Å². The highest BCUT2D eigenvalue weighted by Gasteiger charge is 2.20. The number of carbonyl (C=O) groups is 1. The van der Waals surface area contributed by atoms with E-state index < -0.39 is 0 Å². The molecule has 0 spiro atoms. The average Bonchev–Trinajstić information content (AvgIpc) is 3.13. The molecule has 7 nitrogen and oxygen atoms in total. The maximum atomic E-state index is 12.8. The molecule has 34 heavy (non-hydrogen) atoms. The Morgan fingerprint density at radius 2 is 1.35 bits per heavy atom. The summed E-state index contributed by atoms with van der Waals surface area (Å²) < 4.78 is 1.60. The van der Waals surface area contributed by atoms with Gasteiger partial charge in [0.2, 0.25) is 11.8 Å². The number of aromatic hydroxyl groups is 1. The van der Waals surface area contributed by atoms with Gasteiger partial charge in [-0.3, -0.25) is 4.79 Å². The number of nitrogens with zero attached hydrogens (tertiary/aromatic N) is 5. The number of fused-ring (bicyclic) bond motifs is 3. The van der Waals surface area contributed by atoms with Crippen LogP contribution in [0.5, 0.6) is 5.88 Å². The van der Waals surface area contributed by atoms with E-state index in [0.717, 1.165) is 32.7 Å². The zero-order valence-electron chi connectivity index (χ0n) is 19.1. The van der Waals surface area contributed by atoms with E-state index in [1.807, 2.05) is 86.6 Å². The fourth-order valence-corrected chi connectivity index (χ4v) is 4.37. The van der Waals surface area contributed by atoms with Crippen molar-refractivity contribution in [1.82, 2.24) is 14.5 Å². The topological polar surface area (TPSA) is 83.1 Å². The van der Waals surface area contributed by atoms with Crippen molar-refractivity contribution in [2.24, 2.45) is 10.2 Å². The maximum Gasteiger partial charge on any atom is 0.242 e. The second-order valence-corrected chi connectivity index (χ2v) is 8.04. The van der Waals surface area contributed by atoms with Crippen LogP contribution in [0.2, 0.25) is 0 Å². The third kappa shape index (κ3) is 3.65. The highest BCUT2D eigenvalue weighted by atomic mass is 16.3. The Morgan fingerprint density at radius 3 is 1.97 bits per heavy atom. The lowest BCUT2D eigenvalue weighted by Crippen LogP contribution is -2.33. The monoisotopic (exact) mass is 451 g/mol. The molecule has 0 fully saturated rings. The van der Waals surface area contributed by atoms with Gasteiger partial charge in [-0.1, -0.05) is 54.6 Å². The molecular formula is C27H25N5O2. The van der Waals surface area contributed by atoms with Gasteiger partial charge >= 0.3 is 0 Å². The van der Waals surface area contributed by atoms with E-state index in [1.54, 1.807) is 9.47 Å². The zero-order chi connectivity index (χ0) is 23.7. The maximum absolute atomic E-state index is 12.8. The molecule has 0 saturated carbocycles. The number of hydrogen-bond acceptors (Lipinski definition) is 5. The van der Waals surface area contributed by atoms with Crippen LogP contribution in [0.4, 0.5) is 11.4 Å². The molecule has 0 atom stereocenters. The van der Waals surface area contributed by atoms with E-state index in [1.165, 1.54) is 0 Å². The van der Waals surface area contributed by atoms with Gasteiger partial charge in [-0.05, 0) is 32.0 Å². The summed E-state index contributed by atoms with van der Waals surface area (Å²) in [6.45, 7) is 5.15. The van der Waals surface area contributed by atoms with Crippen molar-refractivity contribution in [3.63, 3.8) is 0 Å².